The SMILES string of the molecule is CP(C)(=O)C1CNc2ccccc21.CP(C)(=O)c1c[nH]c2ccccc12.O=S(=O)(c1ccccc1)n1ccc2ccccc21.c1ccc2[nH]ccc2c1. The highest BCUT2D eigenvalue weighted by Crippen LogP contribution is 2.56. The van der Waals surface area contributed by atoms with Gasteiger partial charge >= 0.3 is 0 Å². The van der Waals surface area contributed by atoms with Crippen molar-refractivity contribution in [2.45, 2.75) is 10.6 Å². The zero-order valence-electron chi connectivity index (χ0n) is 30.2. The predicted molar refractivity (Wildman–Crippen MR) is 224 cm³/mol. The molecular weight excluding hydrogens is 719 g/mol. The minimum atomic E-state index is -3.51. The number of hydrogen-bond acceptors (Lipinski definition) is 5. The van der Waals surface area contributed by atoms with E-state index in [9.17, 15) is 17.5 Å². The third kappa shape index (κ3) is 8.77. The number of aromatic amines is 2. The molecule has 0 amide bonds. The molecule has 53 heavy (non-hydrogen) atoms. The van der Waals surface area contributed by atoms with E-state index in [-0.39, 0.29) is 5.66 Å². The Labute approximate surface area is 311 Å². The van der Waals surface area contributed by atoms with Crippen LogP contribution >= 0.6 is 14.3 Å². The van der Waals surface area contributed by atoms with Crippen molar-refractivity contribution in [2.24, 2.45) is 0 Å². The summed E-state index contributed by atoms with van der Waals surface area (Å²) in [5.41, 5.74) is 5.54. The normalized spacial score (nSPS) is 13.8. The molecule has 1 aliphatic rings. The number of nitrogens with one attached hydrogen (secondary N) is 3. The van der Waals surface area contributed by atoms with Gasteiger partial charge in [-0.1, -0.05) is 91.0 Å². The van der Waals surface area contributed by atoms with Gasteiger partial charge < -0.3 is 24.4 Å². The molecule has 5 aromatic carbocycles. The first-order valence-electron chi connectivity index (χ1n) is 17.2. The fourth-order valence-electron chi connectivity index (χ4n) is 6.29. The van der Waals surface area contributed by atoms with Gasteiger partial charge in [-0.05, 0) is 86.1 Å². The van der Waals surface area contributed by atoms with E-state index in [4.69, 9.17) is 0 Å². The molecule has 11 heteroatoms. The molecule has 0 spiro atoms. The van der Waals surface area contributed by atoms with Crippen molar-refractivity contribution in [2.75, 3.05) is 38.5 Å². The first-order valence-corrected chi connectivity index (χ1v) is 23.9. The monoisotopic (exact) mass is 762 g/mol. The Morgan fingerprint density at radius 2 is 1.26 bits per heavy atom. The van der Waals surface area contributed by atoms with Crippen LogP contribution in [0, 0.1) is 0 Å². The molecule has 3 N–H and O–H groups in total. The lowest BCUT2D eigenvalue weighted by Gasteiger charge is -2.14. The lowest BCUT2D eigenvalue weighted by Crippen LogP contribution is -2.11. The largest absolute Gasteiger partial charge is 0.384 e. The fraction of sp³-hybridized carbons (Fsp3) is 0.143. The first-order chi connectivity index (χ1) is 25.3. The van der Waals surface area contributed by atoms with Crippen molar-refractivity contribution in [1.82, 2.24) is 13.9 Å². The average molecular weight is 763 g/mol. The van der Waals surface area contributed by atoms with Crippen LogP contribution in [0.2, 0.25) is 0 Å². The van der Waals surface area contributed by atoms with Crippen LogP contribution in [0.25, 0.3) is 32.7 Å². The van der Waals surface area contributed by atoms with Crippen LogP contribution in [0.1, 0.15) is 11.2 Å². The number of para-hydroxylation sites is 4. The Morgan fingerprint density at radius 1 is 0.642 bits per heavy atom. The highest BCUT2D eigenvalue weighted by Gasteiger charge is 2.31. The number of hydrogen-bond donors (Lipinski definition) is 3. The standard InChI is InChI=1S/C14H11NO2S.C10H14NOP.C10H12NOP.C8H7N/c16-18(17,13-7-2-1-3-8-13)15-11-10-12-6-4-5-9-14(12)15;2*1-13(2,12)10-7-11-9-6-4-3-5-8(9)10;1-2-4-8-7(3-1)5-6-9-8/h1-11H;3-6,10-11H,7H2,1-2H3;3-7,11H,1-2H3;1-6,9H. The number of aromatic nitrogens is 3. The van der Waals surface area contributed by atoms with E-state index in [2.05, 4.69) is 39.6 Å². The molecule has 1 unspecified atom stereocenters. The van der Waals surface area contributed by atoms with E-state index in [1.165, 1.54) is 20.4 Å². The van der Waals surface area contributed by atoms with Crippen LogP contribution in [-0.2, 0) is 19.2 Å². The van der Waals surface area contributed by atoms with Gasteiger partial charge in [0.05, 0.1) is 23.2 Å². The lowest BCUT2D eigenvalue weighted by molar-refractivity contribution is 0.575. The average Bonchev–Trinajstić information content (AvgIpc) is 3.97. The van der Waals surface area contributed by atoms with Crippen molar-refractivity contribution in [3.05, 3.63) is 164 Å². The smallest absolute Gasteiger partial charge is 0.268 e. The van der Waals surface area contributed by atoms with Crippen molar-refractivity contribution in [3.63, 3.8) is 0 Å². The number of rotatable bonds is 4. The molecule has 0 fully saturated rings. The summed E-state index contributed by atoms with van der Waals surface area (Å²) >= 11 is 0. The molecule has 0 saturated carbocycles. The zero-order valence-corrected chi connectivity index (χ0v) is 32.8. The molecular formula is C42H44N4O4P2S. The number of nitrogens with zero attached hydrogens (tertiary/aromatic N) is 1. The molecule has 1 atom stereocenters. The van der Waals surface area contributed by atoms with Gasteiger partial charge in [0.2, 0.25) is 0 Å². The molecule has 8 nitrogen and oxygen atoms in total. The molecule has 9 rings (SSSR count). The molecule has 4 heterocycles. The van der Waals surface area contributed by atoms with Gasteiger partial charge in [0, 0.05) is 57.9 Å². The van der Waals surface area contributed by atoms with Crippen molar-refractivity contribution >= 4 is 68.0 Å². The topological polar surface area (TPSA) is 117 Å². The van der Waals surface area contributed by atoms with E-state index < -0.39 is 24.3 Å². The Kier molecular flexibility index (Phi) is 11.3. The van der Waals surface area contributed by atoms with Crippen molar-refractivity contribution in [1.29, 1.82) is 0 Å². The maximum absolute atomic E-state index is 12.5. The van der Waals surface area contributed by atoms with Crippen LogP contribution in [0.3, 0.4) is 0 Å². The quantitative estimate of drug-likeness (QED) is 0.154. The molecule has 3 aromatic heterocycles. The molecule has 0 radical (unpaired) electrons. The summed E-state index contributed by atoms with van der Waals surface area (Å²) in [5.74, 6) is 0. The summed E-state index contributed by atoms with van der Waals surface area (Å²) in [5, 5.41) is 7.50. The summed E-state index contributed by atoms with van der Waals surface area (Å²) in [7, 11) is -7.66. The van der Waals surface area contributed by atoms with Crippen molar-refractivity contribution < 1.29 is 17.5 Å². The van der Waals surface area contributed by atoms with Crippen LogP contribution in [0.15, 0.2) is 163 Å². The number of anilines is 1. The second kappa shape index (κ2) is 15.9. The number of benzene rings is 5. The number of H-pyrrole nitrogens is 2. The molecule has 8 aromatic rings. The fourth-order valence-corrected chi connectivity index (χ4v) is 10.2. The highest BCUT2D eigenvalue weighted by atomic mass is 32.2. The van der Waals surface area contributed by atoms with Crippen LogP contribution in [0.5, 0.6) is 0 Å². The van der Waals surface area contributed by atoms with Gasteiger partial charge in [-0.25, -0.2) is 12.4 Å². The lowest BCUT2D eigenvalue weighted by atomic mass is 10.2. The highest BCUT2D eigenvalue weighted by molar-refractivity contribution is 7.90. The van der Waals surface area contributed by atoms with E-state index in [0.717, 1.165) is 33.8 Å². The van der Waals surface area contributed by atoms with Gasteiger partial charge in [-0.3, -0.25) is 0 Å². The summed E-state index contributed by atoms with van der Waals surface area (Å²) in [6, 6.07) is 44.0. The molecule has 0 saturated heterocycles. The van der Waals surface area contributed by atoms with E-state index in [1.54, 1.807) is 62.0 Å². The summed E-state index contributed by atoms with van der Waals surface area (Å²) < 4.78 is 50.1. The molecule has 0 bridgehead atoms. The minimum absolute atomic E-state index is 0.212. The van der Waals surface area contributed by atoms with Gasteiger partial charge in [0.25, 0.3) is 10.0 Å². The molecule has 0 aliphatic carbocycles. The van der Waals surface area contributed by atoms with E-state index >= 15 is 0 Å². The zero-order chi connectivity index (χ0) is 37.6. The van der Waals surface area contributed by atoms with Crippen LogP contribution < -0.4 is 10.6 Å². The third-order valence-corrected chi connectivity index (χ3v) is 14.2. The third-order valence-electron chi connectivity index (χ3n) is 9.03. The van der Waals surface area contributed by atoms with Crippen LogP contribution in [0.4, 0.5) is 5.69 Å². The van der Waals surface area contributed by atoms with Crippen molar-refractivity contribution in [3.8, 4) is 0 Å². The van der Waals surface area contributed by atoms with Gasteiger partial charge in [-0.2, -0.15) is 0 Å². The summed E-state index contributed by atoms with van der Waals surface area (Å²) in [6.45, 7) is 8.14. The van der Waals surface area contributed by atoms with E-state index in [0.29, 0.717) is 10.4 Å². The predicted octanol–water partition coefficient (Wildman–Crippen LogP) is 10.2. The summed E-state index contributed by atoms with van der Waals surface area (Å²) in [6.07, 6.45) is 5.39. The van der Waals surface area contributed by atoms with Gasteiger partial charge in [-0.15, -0.1) is 0 Å². The summed E-state index contributed by atoms with van der Waals surface area (Å²) in [4.78, 5) is 6.54. The molecule has 1 aliphatic heterocycles. The Bertz CT molecular complexity index is 2640. The Morgan fingerprint density at radius 3 is 1.98 bits per heavy atom. The molecule has 272 valence electrons. The van der Waals surface area contributed by atoms with E-state index in [1.807, 2.05) is 98.5 Å². The van der Waals surface area contributed by atoms with Gasteiger partial charge in [0.1, 0.15) is 7.14 Å². The maximum Gasteiger partial charge on any atom is 0.268 e. The Hall–Kier alpha value is -5.07. The number of fused-ring (bicyclic) bond motifs is 4. The second-order valence-corrected chi connectivity index (χ2v) is 22.0. The first kappa shape index (κ1) is 37.7. The minimum Gasteiger partial charge on any atom is -0.384 e. The van der Waals surface area contributed by atoms with Gasteiger partial charge in [0.15, 0.2) is 0 Å². The Balaban J connectivity index is 0.000000124. The second-order valence-electron chi connectivity index (χ2n) is 13.5. The maximum atomic E-state index is 12.5. The van der Waals surface area contributed by atoms with Crippen LogP contribution in [-0.4, -0.2) is 55.6 Å².